The maximum Gasteiger partial charge on any atom is 0.150 e. The van der Waals surface area contributed by atoms with E-state index in [1.165, 1.54) is 56.6 Å². The summed E-state index contributed by atoms with van der Waals surface area (Å²) in [6, 6.07) is 0.487. The molecule has 0 amide bonds. The zero-order chi connectivity index (χ0) is 12.7. The molecular formula is C15H24N4. The van der Waals surface area contributed by atoms with Crippen LogP contribution in [-0.2, 0) is 13.0 Å². The summed E-state index contributed by atoms with van der Waals surface area (Å²) in [6.45, 7) is 2.15. The van der Waals surface area contributed by atoms with Crippen molar-refractivity contribution in [3.8, 4) is 0 Å². The monoisotopic (exact) mass is 260 g/mol. The van der Waals surface area contributed by atoms with Gasteiger partial charge in [-0.05, 0) is 31.1 Å². The van der Waals surface area contributed by atoms with E-state index in [0.29, 0.717) is 6.04 Å². The summed E-state index contributed by atoms with van der Waals surface area (Å²) < 4.78 is 2.41. The van der Waals surface area contributed by atoms with E-state index in [0.717, 1.165) is 31.3 Å². The van der Waals surface area contributed by atoms with Crippen LogP contribution in [-0.4, -0.2) is 21.3 Å². The van der Waals surface area contributed by atoms with E-state index in [2.05, 4.69) is 20.1 Å². The summed E-state index contributed by atoms with van der Waals surface area (Å²) in [7, 11) is 0. The van der Waals surface area contributed by atoms with Gasteiger partial charge in [-0.25, -0.2) is 0 Å². The second-order valence-electron chi connectivity index (χ2n) is 6.58. The Labute approximate surface area is 115 Å². The van der Waals surface area contributed by atoms with Crippen LogP contribution in [0.25, 0.3) is 0 Å². The quantitative estimate of drug-likeness (QED) is 0.904. The van der Waals surface area contributed by atoms with E-state index in [4.69, 9.17) is 0 Å². The minimum atomic E-state index is 0.487. The molecule has 2 heterocycles. The average Bonchev–Trinajstić information content (AvgIpc) is 2.99. The third-order valence-corrected chi connectivity index (χ3v) is 5.18. The van der Waals surface area contributed by atoms with Gasteiger partial charge in [-0.3, -0.25) is 0 Å². The summed E-state index contributed by atoms with van der Waals surface area (Å²) in [6.07, 6.45) is 10.9. The second kappa shape index (κ2) is 4.89. The molecule has 19 heavy (non-hydrogen) atoms. The normalized spacial score (nSPS) is 27.7. The van der Waals surface area contributed by atoms with Gasteiger partial charge in [0.1, 0.15) is 5.82 Å². The first-order valence-corrected chi connectivity index (χ1v) is 8.07. The summed E-state index contributed by atoms with van der Waals surface area (Å²) in [5.41, 5.74) is 0. The van der Waals surface area contributed by atoms with Crippen molar-refractivity contribution in [3.63, 3.8) is 0 Å². The third-order valence-electron chi connectivity index (χ3n) is 5.18. The first kappa shape index (κ1) is 11.9. The molecule has 104 valence electrons. The Morgan fingerprint density at radius 3 is 2.74 bits per heavy atom. The fourth-order valence-corrected chi connectivity index (χ4v) is 3.87. The van der Waals surface area contributed by atoms with Crippen LogP contribution in [0.2, 0.25) is 0 Å². The highest BCUT2D eigenvalue weighted by atomic mass is 15.3. The van der Waals surface area contributed by atoms with E-state index in [1.807, 2.05) is 0 Å². The summed E-state index contributed by atoms with van der Waals surface area (Å²) in [4.78, 5) is 0. The van der Waals surface area contributed by atoms with Crippen LogP contribution < -0.4 is 5.32 Å². The largest absolute Gasteiger partial charge is 0.312 e. The number of nitrogens with zero attached hydrogens (tertiary/aromatic N) is 3. The Kier molecular flexibility index (Phi) is 3.06. The van der Waals surface area contributed by atoms with Crippen LogP contribution in [0, 0.1) is 11.8 Å². The van der Waals surface area contributed by atoms with Gasteiger partial charge in [0.2, 0.25) is 0 Å². The van der Waals surface area contributed by atoms with Crippen LogP contribution in [0.15, 0.2) is 0 Å². The molecule has 0 saturated heterocycles. The van der Waals surface area contributed by atoms with Gasteiger partial charge in [0.05, 0.1) is 6.04 Å². The van der Waals surface area contributed by atoms with Gasteiger partial charge in [-0.1, -0.05) is 25.7 Å². The van der Waals surface area contributed by atoms with Crippen LogP contribution in [0.4, 0.5) is 0 Å². The minimum Gasteiger partial charge on any atom is -0.312 e. The van der Waals surface area contributed by atoms with Crippen molar-refractivity contribution in [1.82, 2.24) is 20.1 Å². The lowest BCUT2D eigenvalue weighted by atomic mass is 10.0. The number of nitrogens with one attached hydrogen (secondary N) is 1. The first-order chi connectivity index (χ1) is 9.42. The van der Waals surface area contributed by atoms with Gasteiger partial charge in [0.25, 0.3) is 0 Å². The van der Waals surface area contributed by atoms with Crippen molar-refractivity contribution in [2.75, 3.05) is 6.54 Å². The lowest BCUT2D eigenvalue weighted by Gasteiger charge is -2.25. The maximum absolute atomic E-state index is 4.50. The van der Waals surface area contributed by atoms with Gasteiger partial charge >= 0.3 is 0 Å². The molecule has 2 saturated carbocycles. The number of hydrogen-bond acceptors (Lipinski definition) is 3. The van der Waals surface area contributed by atoms with Gasteiger partial charge in [0.15, 0.2) is 5.82 Å². The van der Waals surface area contributed by atoms with Gasteiger partial charge < -0.3 is 9.88 Å². The van der Waals surface area contributed by atoms with Crippen LogP contribution >= 0.6 is 0 Å². The van der Waals surface area contributed by atoms with Crippen molar-refractivity contribution in [2.45, 2.75) is 64.0 Å². The zero-order valence-electron chi connectivity index (χ0n) is 11.6. The lowest BCUT2D eigenvalue weighted by Crippen LogP contribution is -2.35. The Hall–Kier alpha value is -0.900. The van der Waals surface area contributed by atoms with Crippen molar-refractivity contribution >= 4 is 0 Å². The molecule has 0 aromatic carbocycles. The van der Waals surface area contributed by atoms with Gasteiger partial charge in [-0.2, -0.15) is 0 Å². The molecule has 1 aromatic rings. The molecule has 2 aliphatic carbocycles. The predicted octanol–water partition coefficient (Wildman–Crippen LogP) is 2.46. The maximum atomic E-state index is 4.50. The van der Waals surface area contributed by atoms with Crippen molar-refractivity contribution < 1.29 is 0 Å². The highest BCUT2D eigenvalue weighted by Crippen LogP contribution is 2.41. The molecule has 4 heteroatoms. The predicted molar refractivity (Wildman–Crippen MR) is 73.8 cm³/mol. The number of hydrogen-bond donors (Lipinski definition) is 1. The molecule has 0 spiro atoms. The smallest absolute Gasteiger partial charge is 0.150 e. The molecule has 1 atom stereocenters. The summed E-state index contributed by atoms with van der Waals surface area (Å²) >= 11 is 0. The van der Waals surface area contributed by atoms with Gasteiger partial charge in [-0.15, -0.1) is 10.2 Å². The van der Waals surface area contributed by atoms with E-state index >= 15 is 0 Å². The molecular weight excluding hydrogens is 236 g/mol. The van der Waals surface area contributed by atoms with E-state index in [9.17, 15) is 0 Å². The van der Waals surface area contributed by atoms with Gasteiger partial charge in [0, 0.05) is 19.5 Å². The number of rotatable bonds is 4. The molecule has 1 aliphatic heterocycles. The molecule has 4 nitrogen and oxygen atoms in total. The summed E-state index contributed by atoms with van der Waals surface area (Å²) in [5.74, 6) is 4.24. The molecule has 0 bridgehead atoms. The average molecular weight is 260 g/mol. The highest BCUT2D eigenvalue weighted by molar-refractivity contribution is 5.09. The van der Waals surface area contributed by atoms with E-state index in [-0.39, 0.29) is 0 Å². The highest BCUT2D eigenvalue weighted by Gasteiger charge is 2.37. The Bertz CT molecular complexity index is 443. The molecule has 3 aliphatic rings. The third kappa shape index (κ3) is 2.31. The fraction of sp³-hybridized carbons (Fsp3) is 0.867. The van der Waals surface area contributed by atoms with Crippen molar-refractivity contribution in [1.29, 1.82) is 0 Å². The van der Waals surface area contributed by atoms with Crippen LogP contribution in [0.3, 0.4) is 0 Å². The molecule has 1 unspecified atom stereocenters. The number of aromatic nitrogens is 3. The Morgan fingerprint density at radius 1 is 1.11 bits per heavy atom. The van der Waals surface area contributed by atoms with Crippen LogP contribution in [0.5, 0.6) is 0 Å². The zero-order valence-corrected chi connectivity index (χ0v) is 11.6. The SMILES string of the molecule is C1CCC(CCc2nnc3n2CCNC3C2CC2)C1. The van der Waals surface area contributed by atoms with Crippen molar-refractivity contribution in [3.05, 3.63) is 11.6 Å². The molecule has 4 rings (SSSR count). The Morgan fingerprint density at radius 2 is 1.95 bits per heavy atom. The second-order valence-corrected chi connectivity index (χ2v) is 6.58. The number of aryl methyl sites for hydroxylation is 1. The van der Waals surface area contributed by atoms with Crippen molar-refractivity contribution in [2.24, 2.45) is 11.8 Å². The lowest BCUT2D eigenvalue weighted by molar-refractivity contribution is 0.374. The van der Waals surface area contributed by atoms with Crippen LogP contribution in [0.1, 0.15) is 62.6 Å². The standard InChI is InChI=1S/C15H24N4/c1-2-4-11(3-1)5-8-13-17-18-15-14(12-6-7-12)16-9-10-19(13)15/h11-12,14,16H,1-10H2. The first-order valence-electron chi connectivity index (χ1n) is 8.07. The van der Waals surface area contributed by atoms with E-state index < -0.39 is 0 Å². The fourth-order valence-electron chi connectivity index (χ4n) is 3.87. The minimum absolute atomic E-state index is 0.487. The Balaban J connectivity index is 1.47. The summed E-state index contributed by atoms with van der Waals surface area (Å²) in [5, 5.41) is 12.6. The molecule has 0 radical (unpaired) electrons. The molecule has 1 aromatic heterocycles. The van der Waals surface area contributed by atoms with E-state index in [1.54, 1.807) is 0 Å². The molecule has 2 fully saturated rings. The topological polar surface area (TPSA) is 42.7 Å². The number of fused-ring (bicyclic) bond motifs is 1. The molecule has 1 N–H and O–H groups in total.